The molecule has 4 aliphatic heterocycles. The van der Waals surface area contributed by atoms with E-state index in [1.807, 2.05) is 59.5 Å². The number of unbranched alkanes of at least 4 members (excludes halogenated alkanes) is 2. The molecule has 0 bridgehead atoms. The van der Waals surface area contributed by atoms with Crippen LogP contribution in [0.25, 0.3) is 0 Å². The Balaban J connectivity index is 1.10. The first kappa shape index (κ1) is 35.4. The van der Waals surface area contributed by atoms with E-state index in [9.17, 15) is 9.59 Å². The first-order valence-corrected chi connectivity index (χ1v) is 18.6. The lowest BCUT2D eigenvalue weighted by Gasteiger charge is -2.22. The van der Waals surface area contributed by atoms with Gasteiger partial charge in [0.2, 0.25) is 0 Å². The minimum absolute atomic E-state index is 0.0120. The molecule has 0 aliphatic carbocycles. The highest BCUT2D eigenvalue weighted by Gasteiger charge is 2.35. The lowest BCUT2D eigenvalue weighted by Crippen LogP contribution is -2.35. The zero-order chi connectivity index (χ0) is 36.4. The maximum Gasteiger partial charge on any atom is 0.256 e. The van der Waals surface area contributed by atoms with E-state index in [4.69, 9.17) is 14.5 Å². The molecule has 3 aromatic rings. The van der Waals surface area contributed by atoms with E-state index in [0.717, 1.165) is 60.3 Å². The maximum absolute atomic E-state index is 13.4. The van der Waals surface area contributed by atoms with Crippen LogP contribution in [0.4, 0.5) is 11.4 Å². The van der Waals surface area contributed by atoms with Crippen LogP contribution in [0.5, 0.6) is 11.5 Å². The van der Waals surface area contributed by atoms with Gasteiger partial charge in [-0.3, -0.25) is 24.5 Å². The summed E-state index contributed by atoms with van der Waals surface area (Å²) in [5.41, 5.74) is 8.71. The monoisotopic (exact) mass is 699 g/mol. The molecule has 4 heterocycles. The highest BCUT2D eigenvalue weighted by Crippen LogP contribution is 2.36. The fourth-order valence-corrected chi connectivity index (χ4v) is 7.63. The average Bonchev–Trinajstić information content (AvgIpc) is 3.65. The smallest absolute Gasteiger partial charge is 0.256 e. The molecule has 0 unspecified atom stereocenters. The van der Waals surface area contributed by atoms with Gasteiger partial charge in [0.1, 0.15) is 24.7 Å². The fraction of sp³-hybridized carbons (Fsp3) is 0.395. The second-order valence-corrected chi connectivity index (χ2v) is 14.6. The number of hydrogen-bond donors (Lipinski definition) is 0. The highest BCUT2D eigenvalue weighted by atomic mass is 16.5. The van der Waals surface area contributed by atoms with Gasteiger partial charge in [-0.1, -0.05) is 63.1 Å². The van der Waals surface area contributed by atoms with Crippen LogP contribution in [-0.4, -0.2) is 77.2 Å². The number of hydrogen-bond acceptors (Lipinski definition) is 7. The second-order valence-electron chi connectivity index (χ2n) is 14.6. The Bertz CT molecular complexity index is 1960. The summed E-state index contributed by atoms with van der Waals surface area (Å²) in [6, 6.07) is 15.8. The van der Waals surface area contributed by atoms with Crippen LogP contribution < -0.4 is 9.47 Å². The van der Waals surface area contributed by atoms with Gasteiger partial charge in [0.15, 0.2) is 0 Å². The van der Waals surface area contributed by atoms with Gasteiger partial charge in [0.05, 0.1) is 34.6 Å². The third-order valence-electron chi connectivity index (χ3n) is 10.4. The number of fused-ring (bicyclic) bond motifs is 4. The fourth-order valence-electron chi connectivity index (χ4n) is 7.63. The largest absolute Gasteiger partial charge is 0.489 e. The summed E-state index contributed by atoms with van der Waals surface area (Å²) in [4.78, 5) is 42.3. The summed E-state index contributed by atoms with van der Waals surface area (Å²) in [7, 11) is 0. The molecule has 4 aliphatic rings. The van der Waals surface area contributed by atoms with Gasteiger partial charge in [-0.15, -0.1) is 0 Å². The summed E-state index contributed by atoms with van der Waals surface area (Å²) in [6.45, 7) is 19.3. The topological polar surface area (TPSA) is 87.0 Å². The van der Waals surface area contributed by atoms with Gasteiger partial charge in [0, 0.05) is 44.2 Å². The standard InChI is InChI=1S/C43H49N5O4/c1-6-8-9-12-46(7-2)25-31-16-32(26-51-36-10-11-37-39(19-36)44-21-34-13-28(3)23-47(34)42(37)49)18-33(17-31)27-52-41-20-40-38(15-30(41)5)43(50)48-24-29(4)14-35(48)22-45-40/h10-11,15-22,34-35H,3-4,6-9,12-14,23-27H2,1-2,5H3/t34-,35-/m0/s1. The number of rotatable bonds is 13. The molecule has 0 radical (unpaired) electrons. The second kappa shape index (κ2) is 15.3. The SMILES string of the molecule is C=C1C[C@H]2C=Nc3cc(OCc4cc(COc5cc6c(cc5C)C(=O)N5CC(=C)C[C@H]5C=N6)cc(CN(CC)CCCCC)c4)ccc3C(=O)N2C1. The van der Waals surface area contributed by atoms with Gasteiger partial charge in [0.25, 0.3) is 11.8 Å². The quantitative estimate of drug-likeness (QED) is 0.133. The third-order valence-corrected chi connectivity index (χ3v) is 10.4. The first-order chi connectivity index (χ1) is 25.2. The Morgan fingerprint density at radius 1 is 0.769 bits per heavy atom. The summed E-state index contributed by atoms with van der Waals surface area (Å²) in [6.07, 6.45) is 8.81. The van der Waals surface area contributed by atoms with Gasteiger partial charge >= 0.3 is 0 Å². The van der Waals surface area contributed by atoms with E-state index in [1.165, 1.54) is 24.8 Å². The minimum Gasteiger partial charge on any atom is -0.489 e. The Morgan fingerprint density at radius 2 is 1.38 bits per heavy atom. The molecule has 9 nitrogen and oxygen atoms in total. The van der Waals surface area contributed by atoms with Crippen molar-refractivity contribution in [1.82, 2.24) is 14.7 Å². The zero-order valence-electron chi connectivity index (χ0n) is 30.7. The molecule has 7 rings (SSSR count). The Hall–Kier alpha value is -5.02. The predicted molar refractivity (Wildman–Crippen MR) is 207 cm³/mol. The van der Waals surface area contributed by atoms with Crippen LogP contribution in [0.15, 0.2) is 82.8 Å². The number of nitrogens with zero attached hydrogens (tertiary/aromatic N) is 5. The average molecular weight is 700 g/mol. The Kier molecular flexibility index (Phi) is 10.4. The normalized spacial score (nSPS) is 19.1. The molecule has 2 atom stereocenters. The van der Waals surface area contributed by atoms with Crippen molar-refractivity contribution in [3.05, 3.63) is 106 Å². The summed E-state index contributed by atoms with van der Waals surface area (Å²) in [5.74, 6) is 1.34. The maximum atomic E-state index is 13.4. The number of carbonyl (C=O) groups excluding carboxylic acids is 2. The summed E-state index contributed by atoms with van der Waals surface area (Å²) >= 11 is 0. The number of ether oxygens (including phenoxy) is 2. The van der Waals surface area contributed by atoms with Crippen LogP contribution in [0.3, 0.4) is 0 Å². The molecule has 0 spiro atoms. The van der Waals surface area contributed by atoms with E-state index in [2.05, 4.69) is 55.1 Å². The van der Waals surface area contributed by atoms with Crippen molar-refractivity contribution in [2.24, 2.45) is 9.98 Å². The van der Waals surface area contributed by atoms with E-state index in [0.29, 0.717) is 60.3 Å². The van der Waals surface area contributed by atoms with E-state index in [-0.39, 0.29) is 23.9 Å². The first-order valence-electron chi connectivity index (χ1n) is 18.6. The van der Waals surface area contributed by atoms with E-state index < -0.39 is 0 Å². The number of benzene rings is 3. The van der Waals surface area contributed by atoms with Crippen LogP contribution >= 0.6 is 0 Å². The van der Waals surface area contributed by atoms with Crippen molar-refractivity contribution < 1.29 is 19.1 Å². The molecule has 3 aromatic carbocycles. The molecule has 2 fully saturated rings. The van der Waals surface area contributed by atoms with Crippen molar-refractivity contribution in [2.75, 3.05) is 26.2 Å². The molecule has 9 heteroatoms. The molecule has 0 N–H and O–H groups in total. The number of aryl methyl sites for hydroxylation is 1. The van der Waals surface area contributed by atoms with E-state index in [1.54, 1.807) is 0 Å². The van der Waals surface area contributed by atoms with Gasteiger partial charge in [-0.2, -0.15) is 0 Å². The van der Waals surface area contributed by atoms with Crippen molar-refractivity contribution in [3.8, 4) is 11.5 Å². The molecular weight excluding hydrogens is 651 g/mol. The van der Waals surface area contributed by atoms with E-state index >= 15 is 0 Å². The molecule has 0 aromatic heterocycles. The number of carbonyl (C=O) groups is 2. The Labute approximate surface area is 307 Å². The number of amides is 2. The zero-order valence-corrected chi connectivity index (χ0v) is 30.7. The van der Waals surface area contributed by atoms with Crippen molar-refractivity contribution >= 4 is 35.6 Å². The van der Waals surface area contributed by atoms with Gasteiger partial charge in [-0.25, -0.2) is 0 Å². The molecule has 270 valence electrons. The summed E-state index contributed by atoms with van der Waals surface area (Å²) in [5, 5.41) is 0. The van der Waals surface area contributed by atoms with Gasteiger partial charge < -0.3 is 19.3 Å². The molecule has 0 saturated carbocycles. The minimum atomic E-state index is -0.0512. The van der Waals surface area contributed by atoms with Crippen LogP contribution in [-0.2, 0) is 19.8 Å². The third kappa shape index (κ3) is 7.60. The van der Waals surface area contributed by atoms with Crippen LogP contribution in [0.1, 0.15) is 88.9 Å². The molecule has 52 heavy (non-hydrogen) atoms. The molecule has 2 amide bonds. The Morgan fingerprint density at radius 3 is 2.04 bits per heavy atom. The van der Waals surface area contributed by atoms with Crippen LogP contribution in [0.2, 0.25) is 0 Å². The lowest BCUT2D eigenvalue weighted by atomic mass is 10.0. The summed E-state index contributed by atoms with van der Waals surface area (Å²) < 4.78 is 12.8. The molecule has 2 saturated heterocycles. The van der Waals surface area contributed by atoms with Crippen molar-refractivity contribution in [3.63, 3.8) is 0 Å². The highest BCUT2D eigenvalue weighted by molar-refractivity contribution is 6.04. The predicted octanol–water partition coefficient (Wildman–Crippen LogP) is 8.14. The number of aliphatic imine (C=N–C) groups is 2. The van der Waals surface area contributed by atoms with Crippen molar-refractivity contribution in [2.45, 2.75) is 84.7 Å². The van der Waals surface area contributed by atoms with Gasteiger partial charge in [-0.05, 0) is 85.8 Å². The van der Waals surface area contributed by atoms with Crippen molar-refractivity contribution in [1.29, 1.82) is 0 Å². The van der Waals surface area contributed by atoms with Crippen LogP contribution in [0, 0.1) is 6.92 Å². The molecular formula is C43H49N5O4. The lowest BCUT2D eigenvalue weighted by molar-refractivity contribution is 0.0770.